The fraction of sp³-hybridized carbons (Fsp3) is 0.733. The van der Waals surface area contributed by atoms with Crippen LogP contribution >= 0.6 is 0 Å². The molecule has 0 atom stereocenters. The second-order valence-corrected chi connectivity index (χ2v) is 6.32. The van der Waals surface area contributed by atoms with Crippen LogP contribution in [0.2, 0.25) is 0 Å². The summed E-state index contributed by atoms with van der Waals surface area (Å²) in [5.41, 5.74) is 1.66. The van der Waals surface area contributed by atoms with E-state index in [0.29, 0.717) is 0 Å². The third-order valence-corrected chi connectivity index (χ3v) is 4.62. The van der Waals surface area contributed by atoms with Crippen molar-refractivity contribution in [3.63, 3.8) is 0 Å². The third-order valence-electron chi connectivity index (χ3n) is 3.33. The molecule has 0 aliphatic heterocycles. The summed E-state index contributed by atoms with van der Waals surface area (Å²) in [7, 11) is 0. The Morgan fingerprint density at radius 1 is 0.944 bits per heavy atom. The summed E-state index contributed by atoms with van der Waals surface area (Å²) in [6.07, 6.45) is 18.7. The van der Waals surface area contributed by atoms with Crippen molar-refractivity contribution in [2.75, 3.05) is 0 Å². The second-order valence-electron chi connectivity index (χ2n) is 4.84. The molecule has 0 saturated heterocycles. The zero-order chi connectivity index (χ0) is 11.6. The van der Waals surface area contributed by atoms with Crippen LogP contribution in [0.5, 0.6) is 0 Å². The monoisotopic (exact) mass is 365 g/mol. The Kier molecular flexibility index (Phi) is 16.9. The zero-order valence-electron chi connectivity index (χ0n) is 11.5. The van der Waals surface area contributed by atoms with E-state index < -0.39 is 0 Å². The molecule has 0 amide bonds. The molecule has 1 rings (SSSR count). The van der Waals surface area contributed by atoms with E-state index in [0.717, 1.165) is 0 Å². The van der Waals surface area contributed by atoms with Crippen LogP contribution in [-0.2, 0) is 24.7 Å². The molecule has 0 nitrogen and oxygen atoms in total. The van der Waals surface area contributed by atoms with Gasteiger partial charge in [-0.05, 0) is 0 Å². The van der Waals surface area contributed by atoms with Gasteiger partial charge in [0.1, 0.15) is 0 Å². The van der Waals surface area contributed by atoms with Crippen LogP contribution in [0.4, 0.5) is 0 Å². The molecular weight excluding hydrogens is 342 g/mol. The molecule has 0 N–H and O–H groups in total. The molecular formula is C15H25Cl2Zr. The van der Waals surface area contributed by atoms with Gasteiger partial charge in [-0.1, -0.05) is 0 Å². The van der Waals surface area contributed by atoms with Crippen LogP contribution in [0.3, 0.4) is 0 Å². The van der Waals surface area contributed by atoms with Crippen LogP contribution in [0.1, 0.15) is 71.1 Å². The van der Waals surface area contributed by atoms with Crippen molar-refractivity contribution in [3.05, 3.63) is 21.0 Å². The summed E-state index contributed by atoms with van der Waals surface area (Å²) < 4.78 is 1.69. The summed E-state index contributed by atoms with van der Waals surface area (Å²) in [5.74, 6) is 0. The van der Waals surface area contributed by atoms with Gasteiger partial charge < -0.3 is 24.8 Å². The molecule has 18 heavy (non-hydrogen) atoms. The largest absolute Gasteiger partial charge is 1.00 e. The van der Waals surface area contributed by atoms with Crippen LogP contribution in [0.15, 0.2) is 21.0 Å². The first-order valence-corrected chi connectivity index (χ1v) is 8.17. The van der Waals surface area contributed by atoms with Gasteiger partial charge in [0, 0.05) is 0 Å². The van der Waals surface area contributed by atoms with Gasteiger partial charge >= 0.3 is 117 Å². The topological polar surface area (TPSA) is 0 Å². The van der Waals surface area contributed by atoms with Crippen molar-refractivity contribution in [1.82, 2.24) is 0 Å². The van der Waals surface area contributed by atoms with E-state index in [2.05, 4.69) is 19.1 Å². The van der Waals surface area contributed by atoms with E-state index >= 15 is 0 Å². The van der Waals surface area contributed by atoms with Gasteiger partial charge in [0.05, 0.1) is 0 Å². The third kappa shape index (κ3) is 9.82. The summed E-state index contributed by atoms with van der Waals surface area (Å²) in [5, 5.41) is 0. The van der Waals surface area contributed by atoms with Gasteiger partial charge in [-0.15, -0.1) is 0 Å². The van der Waals surface area contributed by atoms with E-state index in [-0.39, 0.29) is 24.8 Å². The Morgan fingerprint density at radius 2 is 1.50 bits per heavy atom. The Hall–Kier alpha value is 0.943. The Labute approximate surface area is 141 Å². The minimum atomic E-state index is 0. The number of hydrogen-bond acceptors (Lipinski definition) is 0. The molecule has 0 aromatic heterocycles. The minimum Gasteiger partial charge on any atom is -1.00 e. The van der Waals surface area contributed by atoms with Gasteiger partial charge in [0.25, 0.3) is 0 Å². The number of allylic oxidation sites excluding steroid dienone is 4. The smallest absolute Gasteiger partial charge is 1.00 e. The van der Waals surface area contributed by atoms with Crippen molar-refractivity contribution < 1.29 is 49.5 Å². The Morgan fingerprint density at radius 3 is 2.00 bits per heavy atom. The molecule has 0 aromatic rings. The van der Waals surface area contributed by atoms with Crippen molar-refractivity contribution in [2.45, 2.75) is 71.1 Å². The van der Waals surface area contributed by atoms with Crippen LogP contribution in [0, 0.1) is 0 Å². The standard InChI is InChI=1S/C15H25.2ClH.Zr/c1-2-3-4-5-6-7-8-9-12-15-13-10-11-14-15;;;/h10,13H,2-9,11-12H2,1H3;2*1H;/q;;;+2/p-2. The molecule has 0 heterocycles. The SMILES string of the molecule is CCCCCCCCCCC1=[C]([Zr+2])CC=C1.[Cl-].[Cl-]. The average molecular weight is 367 g/mol. The number of halogens is 2. The normalized spacial score (nSPS) is 13.5. The van der Waals surface area contributed by atoms with Gasteiger partial charge in [0.2, 0.25) is 0 Å². The number of unbranched alkanes of at least 4 members (excludes halogenated alkanes) is 7. The Bertz CT molecular complexity index is 247. The summed E-state index contributed by atoms with van der Waals surface area (Å²) >= 11 is 1.63. The van der Waals surface area contributed by atoms with Crippen molar-refractivity contribution >= 4 is 0 Å². The van der Waals surface area contributed by atoms with Crippen molar-refractivity contribution in [1.29, 1.82) is 0 Å². The molecule has 3 heteroatoms. The van der Waals surface area contributed by atoms with E-state index in [1.54, 1.807) is 33.6 Å². The van der Waals surface area contributed by atoms with Crippen LogP contribution < -0.4 is 24.8 Å². The maximum absolute atomic E-state index is 2.35. The molecule has 0 fully saturated rings. The fourth-order valence-electron chi connectivity index (χ4n) is 2.23. The summed E-state index contributed by atoms with van der Waals surface area (Å²) in [6.45, 7) is 2.29. The van der Waals surface area contributed by atoms with E-state index in [9.17, 15) is 0 Å². The zero-order valence-corrected chi connectivity index (χ0v) is 15.5. The van der Waals surface area contributed by atoms with Crippen LogP contribution in [0.25, 0.3) is 0 Å². The van der Waals surface area contributed by atoms with E-state index in [4.69, 9.17) is 0 Å². The number of rotatable bonds is 9. The molecule has 103 valence electrons. The quantitative estimate of drug-likeness (QED) is 0.472. The molecule has 0 aromatic carbocycles. The maximum Gasteiger partial charge on any atom is -1.00 e. The van der Waals surface area contributed by atoms with Crippen molar-refractivity contribution in [2.24, 2.45) is 0 Å². The predicted octanol–water partition coefficient (Wildman–Crippen LogP) is -0.714. The molecule has 0 radical (unpaired) electrons. The predicted molar refractivity (Wildman–Crippen MR) is 68.0 cm³/mol. The van der Waals surface area contributed by atoms with E-state index in [1.807, 2.05) is 0 Å². The van der Waals surface area contributed by atoms with Gasteiger partial charge in [-0.25, -0.2) is 0 Å². The molecule has 0 unspecified atom stereocenters. The number of hydrogen-bond donors (Lipinski definition) is 0. The average Bonchev–Trinajstić information content (AvgIpc) is 2.68. The van der Waals surface area contributed by atoms with E-state index in [1.165, 1.54) is 64.2 Å². The molecule has 1 aliphatic rings. The molecule has 0 spiro atoms. The first kappa shape index (κ1) is 21.2. The van der Waals surface area contributed by atoms with Gasteiger partial charge in [-0.2, -0.15) is 0 Å². The van der Waals surface area contributed by atoms with Gasteiger partial charge in [-0.3, -0.25) is 0 Å². The fourth-order valence-corrected chi connectivity index (χ4v) is 3.04. The molecule has 1 aliphatic carbocycles. The summed E-state index contributed by atoms with van der Waals surface area (Å²) in [6, 6.07) is 0. The Balaban J connectivity index is 0. The first-order valence-electron chi connectivity index (χ1n) is 6.94. The van der Waals surface area contributed by atoms with Crippen LogP contribution in [-0.4, -0.2) is 0 Å². The summed E-state index contributed by atoms with van der Waals surface area (Å²) in [4.78, 5) is 0. The minimum absolute atomic E-state index is 0. The maximum atomic E-state index is 2.35. The van der Waals surface area contributed by atoms with Crippen molar-refractivity contribution in [3.8, 4) is 0 Å². The molecule has 0 bridgehead atoms. The first-order chi connectivity index (χ1) is 7.84. The second kappa shape index (κ2) is 14.4. The van der Waals surface area contributed by atoms with Gasteiger partial charge in [0.15, 0.2) is 0 Å². The molecule has 0 saturated carbocycles.